The zero-order chi connectivity index (χ0) is 21.0. The minimum absolute atomic E-state index is 0.186. The highest BCUT2D eigenvalue weighted by molar-refractivity contribution is 8.00. The monoisotopic (exact) mass is 437 g/mol. The van der Waals surface area contributed by atoms with Crippen LogP contribution in [0.25, 0.3) is 0 Å². The van der Waals surface area contributed by atoms with Gasteiger partial charge in [0.05, 0.1) is 24.1 Å². The first-order valence-corrected chi connectivity index (χ1v) is 10.8. The number of aromatic nitrogens is 2. The van der Waals surface area contributed by atoms with E-state index in [0.717, 1.165) is 22.4 Å². The fraction of sp³-hybridized carbons (Fsp3) is 0.667. The van der Waals surface area contributed by atoms with Crippen LogP contribution >= 0.6 is 19.9 Å². The summed E-state index contributed by atoms with van der Waals surface area (Å²) in [7, 11) is -2.81. The Morgan fingerprint density at radius 3 is 2.64 bits per heavy atom. The average Bonchev–Trinajstić information content (AvgIpc) is 2.87. The van der Waals surface area contributed by atoms with Gasteiger partial charge in [0.15, 0.2) is 0 Å². The van der Waals surface area contributed by atoms with Crippen molar-refractivity contribution in [3.8, 4) is 0 Å². The summed E-state index contributed by atoms with van der Waals surface area (Å²) < 4.78 is 23.3. The Morgan fingerprint density at radius 1 is 1.36 bits per heavy atom. The van der Waals surface area contributed by atoms with Crippen LogP contribution in [-0.2, 0) is 18.6 Å². The second-order valence-corrected chi connectivity index (χ2v) is 9.03. The molecular weight excluding hydrogens is 413 g/mol. The molecule has 1 unspecified atom stereocenters. The smallest absolute Gasteiger partial charge is 0.329 e. The van der Waals surface area contributed by atoms with Gasteiger partial charge in [-0.15, -0.1) is 11.8 Å². The third kappa shape index (κ3) is 5.79. The summed E-state index contributed by atoms with van der Waals surface area (Å²) in [5.74, 6) is -0.569. The van der Waals surface area contributed by atoms with E-state index in [-0.39, 0.29) is 12.7 Å². The first kappa shape index (κ1) is 22.9. The molecule has 158 valence electrons. The number of hydrogen-bond acceptors (Lipinski definition) is 9. The van der Waals surface area contributed by atoms with Crippen LogP contribution in [0.2, 0.25) is 0 Å². The molecule has 1 aliphatic rings. The number of nitrogens with one attached hydrogen (secondary N) is 2. The number of carbonyl (C=O) groups excluding carboxylic acids is 1. The molecule has 0 radical (unpaired) electrons. The molecule has 0 bridgehead atoms. The van der Waals surface area contributed by atoms with Crippen LogP contribution in [0.4, 0.5) is 0 Å². The summed E-state index contributed by atoms with van der Waals surface area (Å²) in [6, 6.07) is 0.290. The van der Waals surface area contributed by atoms with Crippen molar-refractivity contribution in [1.82, 2.24) is 14.6 Å². The Hall–Kier alpha value is -1.43. The van der Waals surface area contributed by atoms with E-state index in [1.807, 2.05) is 0 Å². The van der Waals surface area contributed by atoms with Gasteiger partial charge >= 0.3 is 11.7 Å². The number of H-pyrrole nitrogens is 1. The highest BCUT2D eigenvalue weighted by atomic mass is 32.2. The van der Waals surface area contributed by atoms with Gasteiger partial charge in [-0.05, 0) is 20.8 Å². The maximum absolute atomic E-state index is 12.0. The quantitative estimate of drug-likeness (QED) is 0.300. The molecule has 2 rings (SSSR count). The predicted molar refractivity (Wildman–Crippen MR) is 103 cm³/mol. The number of carbonyl (C=O) groups is 1. The number of thioether (sulfide) groups is 1. The second kappa shape index (κ2) is 9.86. The Morgan fingerprint density at radius 2 is 2.04 bits per heavy atom. The van der Waals surface area contributed by atoms with Gasteiger partial charge in [0.25, 0.3) is 13.7 Å². The first-order chi connectivity index (χ1) is 13.1. The minimum Gasteiger partial charge on any atom is -0.462 e. The molecule has 1 fully saturated rings. The maximum Gasteiger partial charge on any atom is 0.329 e. The lowest BCUT2D eigenvalue weighted by Crippen LogP contribution is -2.37. The van der Waals surface area contributed by atoms with Crippen molar-refractivity contribution in [3.05, 3.63) is 33.1 Å². The molecule has 4 N–H and O–H groups in total. The van der Waals surface area contributed by atoms with Crippen LogP contribution < -0.4 is 16.3 Å². The standard InChI is InChI=1S/C15H24N3O8PS/c1-7(2)26-14(22)8(3)17-27(24)25-6-9-11(20)12(21)13(28-9)18-5-4-10(19)16-15(18)23/h4-5,7-9,11-13,20-21,27H,6H2,1-3H3,(H,17,24)(H,16,19,23)/t8-,9+,11+,12+,13+/m0/s1. The zero-order valence-corrected chi connectivity index (χ0v) is 17.3. The molecule has 0 aliphatic carbocycles. The van der Waals surface area contributed by atoms with E-state index in [1.54, 1.807) is 13.8 Å². The van der Waals surface area contributed by atoms with Gasteiger partial charge in [-0.25, -0.2) is 9.88 Å². The molecule has 0 aromatic carbocycles. The van der Waals surface area contributed by atoms with Crippen LogP contribution in [0, 0.1) is 0 Å². The van der Waals surface area contributed by atoms with E-state index in [4.69, 9.17) is 9.26 Å². The number of aliphatic hydroxyl groups is 2. The first-order valence-electron chi connectivity index (χ1n) is 8.57. The summed E-state index contributed by atoms with van der Waals surface area (Å²) in [5, 5.41) is 21.4. The molecule has 1 saturated heterocycles. The van der Waals surface area contributed by atoms with Crippen molar-refractivity contribution in [2.45, 2.75) is 55.7 Å². The summed E-state index contributed by atoms with van der Waals surface area (Å²) in [6.07, 6.45) is -1.62. The van der Waals surface area contributed by atoms with E-state index in [1.165, 1.54) is 13.1 Å². The zero-order valence-electron chi connectivity index (χ0n) is 15.5. The molecule has 6 atom stereocenters. The number of esters is 1. The lowest BCUT2D eigenvalue weighted by Gasteiger charge is -2.17. The molecule has 0 amide bonds. The van der Waals surface area contributed by atoms with Crippen LogP contribution in [-0.4, -0.2) is 61.9 Å². The van der Waals surface area contributed by atoms with Gasteiger partial charge in [0.1, 0.15) is 17.5 Å². The molecule has 0 saturated carbocycles. The van der Waals surface area contributed by atoms with E-state index in [0.29, 0.717) is 0 Å². The second-order valence-electron chi connectivity index (χ2n) is 6.51. The largest absolute Gasteiger partial charge is 0.462 e. The molecular formula is C15H24N3O8PS. The van der Waals surface area contributed by atoms with E-state index >= 15 is 0 Å². The van der Waals surface area contributed by atoms with Gasteiger partial charge in [-0.2, -0.15) is 0 Å². The Balaban J connectivity index is 1.92. The number of rotatable bonds is 8. The number of ether oxygens (including phenoxy) is 1. The van der Waals surface area contributed by atoms with Gasteiger partial charge in [0, 0.05) is 12.3 Å². The molecule has 1 aliphatic heterocycles. The lowest BCUT2D eigenvalue weighted by atomic mass is 10.1. The Labute approximate surface area is 165 Å². The van der Waals surface area contributed by atoms with Crippen molar-refractivity contribution < 1.29 is 28.8 Å². The van der Waals surface area contributed by atoms with Gasteiger partial charge in [0.2, 0.25) is 0 Å². The van der Waals surface area contributed by atoms with Crippen LogP contribution in [0.3, 0.4) is 0 Å². The fourth-order valence-electron chi connectivity index (χ4n) is 2.49. The van der Waals surface area contributed by atoms with Gasteiger partial charge < -0.3 is 19.5 Å². The third-order valence-corrected chi connectivity index (χ3v) is 6.53. The summed E-state index contributed by atoms with van der Waals surface area (Å²) in [4.78, 5) is 36.8. The van der Waals surface area contributed by atoms with Crippen molar-refractivity contribution in [2.75, 3.05) is 6.61 Å². The summed E-state index contributed by atoms with van der Waals surface area (Å²) in [6.45, 7) is 4.68. The lowest BCUT2D eigenvalue weighted by molar-refractivity contribution is -0.149. The maximum atomic E-state index is 12.0. The Kier molecular flexibility index (Phi) is 8.05. The van der Waals surface area contributed by atoms with E-state index < -0.39 is 54.3 Å². The SMILES string of the molecule is CC(C)OC(=O)[C@H](C)N[PH](=O)OC[C@H]1S[C@@H](n2ccc(=O)[nH]c2=O)[C@H](O)[C@@H]1O. The molecule has 11 nitrogen and oxygen atoms in total. The van der Waals surface area contributed by atoms with E-state index in [2.05, 4.69) is 10.1 Å². The number of nitrogens with zero attached hydrogens (tertiary/aromatic N) is 1. The number of aliphatic hydroxyl groups excluding tert-OH is 2. The average molecular weight is 437 g/mol. The Bertz CT molecular complexity index is 828. The van der Waals surface area contributed by atoms with E-state index in [9.17, 15) is 29.2 Å². The van der Waals surface area contributed by atoms with Crippen LogP contribution in [0.1, 0.15) is 26.1 Å². The van der Waals surface area contributed by atoms with Gasteiger partial charge in [-0.1, -0.05) is 0 Å². The van der Waals surface area contributed by atoms with Crippen LogP contribution in [0.15, 0.2) is 21.9 Å². The highest BCUT2D eigenvalue weighted by Gasteiger charge is 2.44. The number of hydrogen-bond donors (Lipinski definition) is 4. The van der Waals surface area contributed by atoms with Gasteiger partial charge in [-0.3, -0.25) is 23.7 Å². The van der Waals surface area contributed by atoms with Crippen molar-refractivity contribution >= 4 is 25.9 Å². The fourth-order valence-corrected chi connectivity index (χ4v) is 4.95. The van der Waals surface area contributed by atoms with Crippen molar-refractivity contribution in [2.24, 2.45) is 0 Å². The normalized spacial score (nSPS) is 26.9. The van der Waals surface area contributed by atoms with Crippen molar-refractivity contribution in [3.63, 3.8) is 0 Å². The molecule has 1 aromatic heterocycles. The number of aromatic amines is 1. The minimum atomic E-state index is -2.81. The molecule has 2 heterocycles. The molecule has 0 spiro atoms. The van der Waals surface area contributed by atoms with Crippen LogP contribution in [0.5, 0.6) is 0 Å². The molecule has 13 heteroatoms. The highest BCUT2D eigenvalue weighted by Crippen LogP contribution is 2.42. The third-order valence-electron chi connectivity index (χ3n) is 3.88. The molecule has 28 heavy (non-hydrogen) atoms. The summed E-state index contributed by atoms with van der Waals surface area (Å²) >= 11 is 1.05. The topological polar surface area (TPSA) is 160 Å². The van der Waals surface area contributed by atoms with Crippen molar-refractivity contribution in [1.29, 1.82) is 0 Å². The molecule has 1 aromatic rings. The summed E-state index contributed by atoms with van der Waals surface area (Å²) in [5.41, 5.74) is -1.29. The predicted octanol–water partition coefficient (Wildman–Crippen LogP) is -0.792.